The fourth-order valence-electron chi connectivity index (χ4n) is 3.88. The fraction of sp³-hybridized carbons (Fsp3) is 0.143. The first-order valence-electron chi connectivity index (χ1n) is 11.7. The SMILES string of the molecule is CC(C)N=c1cc2n(-c3ccc(Cl)cc3)c3ccccc3nc-2cc1Nc1ccc(Cl)cc1.CS(=O)(=O)O. The maximum Gasteiger partial charge on any atom is 0.261 e. The highest BCUT2D eigenvalue weighted by Gasteiger charge is 2.16. The summed E-state index contributed by atoms with van der Waals surface area (Å²) in [6.45, 7) is 4.14. The van der Waals surface area contributed by atoms with Crippen molar-refractivity contribution in [2.75, 3.05) is 11.6 Å². The highest BCUT2D eigenvalue weighted by Crippen LogP contribution is 2.31. The molecule has 0 amide bonds. The summed E-state index contributed by atoms with van der Waals surface area (Å²) in [6.07, 6.45) is 0.715. The Bertz CT molecular complexity index is 1710. The van der Waals surface area contributed by atoms with Crippen LogP contribution in [0.1, 0.15) is 13.8 Å². The molecule has 196 valence electrons. The van der Waals surface area contributed by atoms with Gasteiger partial charge in [0, 0.05) is 27.5 Å². The van der Waals surface area contributed by atoms with Crippen molar-refractivity contribution in [2.24, 2.45) is 4.99 Å². The minimum atomic E-state index is -3.67. The van der Waals surface area contributed by atoms with E-state index >= 15 is 0 Å². The van der Waals surface area contributed by atoms with E-state index in [2.05, 4.69) is 41.9 Å². The average Bonchev–Trinajstić information content (AvgIpc) is 2.84. The average molecular weight is 570 g/mol. The van der Waals surface area contributed by atoms with Crippen LogP contribution >= 0.6 is 23.2 Å². The lowest BCUT2D eigenvalue weighted by Crippen LogP contribution is -2.16. The quantitative estimate of drug-likeness (QED) is 0.180. The summed E-state index contributed by atoms with van der Waals surface area (Å²) in [5, 5.41) is 5.76. The molecule has 0 aromatic heterocycles. The molecule has 0 atom stereocenters. The number of aromatic nitrogens is 2. The van der Waals surface area contributed by atoms with Crippen LogP contribution in [-0.4, -0.2) is 34.8 Å². The number of benzene rings is 4. The predicted octanol–water partition coefficient (Wildman–Crippen LogP) is 6.99. The summed E-state index contributed by atoms with van der Waals surface area (Å²) in [4.78, 5) is 9.87. The second kappa shape index (κ2) is 11.5. The number of hydrogen-bond donors (Lipinski definition) is 2. The van der Waals surface area contributed by atoms with Crippen LogP contribution in [0.25, 0.3) is 28.1 Å². The van der Waals surface area contributed by atoms with E-state index in [0.717, 1.165) is 44.8 Å². The van der Waals surface area contributed by atoms with Crippen LogP contribution in [0.2, 0.25) is 10.0 Å². The van der Waals surface area contributed by atoms with Gasteiger partial charge in [0.05, 0.1) is 39.7 Å². The summed E-state index contributed by atoms with van der Waals surface area (Å²) in [6, 6.07) is 27.9. The molecule has 0 saturated carbocycles. The largest absolute Gasteiger partial charge is 0.354 e. The summed E-state index contributed by atoms with van der Waals surface area (Å²) in [5.74, 6) is 0. The Morgan fingerprint density at radius 3 is 2.11 bits per heavy atom. The molecule has 1 aliphatic carbocycles. The highest BCUT2D eigenvalue weighted by molar-refractivity contribution is 7.85. The van der Waals surface area contributed by atoms with Crippen LogP contribution in [-0.2, 0) is 10.1 Å². The minimum absolute atomic E-state index is 0.130. The number of rotatable bonds is 4. The summed E-state index contributed by atoms with van der Waals surface area (Å²) in [5.41, 5.74) is 6.60. The monoisotopic (exact) mass is 568 g/mol. The first kappa shape index (κ1) is 27.6. The predicted molar refractivity (Wildman–Crippen MR) is 156 cm³/mol. The number of fused-ring (bicyclic) bond motifs is 2. The van der Waals surface area contributed by atoms with E-state index < -0.39 is 10.1 Å². The smallest absolute Gasteiger partial charge is 0.261 e. The topological polar surface area (TPSA) is 96.6 Å². The normalized spacial score (nSPS) is 12.0. The summed E-state index contributed by atoms with van der Waals surface area (Å²) < 4.78 is 28.1. The van der Waals surface area contributed by atoms with E-state index in [1.54, 1.807) is 0 Å². The van der Waals surface area contributed by atoms with Crippen LogP contribution in [0.4, 0.5) is 11.4 Å². The molecule has 10 heteroatoms. The lowest BCUT2D eigenvalue weighted by atomic mass is 10.1. The summed E-state index contributed by atoms with van der Waals surface area (Å²) in [7, 11) is -3.67. The molecule has 38 heavy (non-hydrogen) atoms. The zero-order valence-corrected chi connectivity index (χ0v) is 23.3. The molecule has 1 aliphatic heterocycles. The van der Waals surface area contributed by atoms with E-state index in [0.29, 0.717) is 16.3 Å². The van der Waals surface area contributed by atoms with Crippen LogP contribution in [0.15, 0.2) is 89.9 Å². The number of anilines is 2. The molecule has 3 aromatic rings. The van der Waals surface area contributed by atoms with Crippen molar-refractivity contribution in [3.63, 3.8) is 0 Å². The number of nitrogens with one attached hydrogen (secondary N) is 1. The Labute approximate surface area is 231 Å². The van der Waals surface area contributed by atoms with E-state index in [4.69, 9.17) is 37.7 Å². The van der Waals surface area contributed by atoms with Crippen LogP contribution in [0, 0.1) is 0 Å². The molecule has 0 saturated heterocycles. The Balaban J connectivity index is 0.000000617. The first-order chi connectivity index (χ1) is 18.0. The molecule has 0 bridgehead atoms. The van der Waals surface area contributed by atoms with E-state index in [1.165, 1.54) is 0 Å². The van der Waals surface area contributed by atoms with Gasteiger partial charge in [-0.25, -0.2) is 4.98 Å². The van der Waals surface area contributed by atoms with Gasteiger partial charge in [0.15, 0.2) is 0 Å². The van der Waals surface area contributed by atoms with Crippen molar-refractivity contribution in [2.45, 2.75) is 19.9 Å². The maximum absolute atomic E-state index is 9.19. The van der Waals surface area contributed by atoms with Crippen molar-refractivity contribution in [1.82, 2.24) is 9.55 Å². The van der Waals surface area contributed by atoms with Crippen LogP contribution in [0.3, 0.4) is 0 Å². The minimum Gasteiger partial charge on any atom is -0.354 e. The maximum atomic E-state index is 9.19. The van der Waals surface area contributed by atoms with Gasteiger partial charge in [-0.1, -0.05) is 35.3 Å². The Kier molecular flexibility index (Phi) is 8.38. The van der Waals surface area contributed by atoms with Gasteiger partial charge in [-0.05, 0) is 86.6 Å². The van der Waals surface area contributed by atoms with Crippen LogP contribution in [0.5, 0.6) is 0 Å². The third-order valence-corrected chi connectivity index (χ3v) is 5.81. The van der Waals surface area contributed by atoms with Gasteiger partial charge in [0.25, 0.3) is 10.1 Å². The molecule has 7 nitrogen and oxygen atoms in total. The highest BCUT2D eigenvalue weighted by atomic mass is 35.5. The van der Waals surface area contributed by atoms with E-state index in [1.807, 2.05) is 66.7 Å². The number of nitrogens with zero attached hydrogens (tertiary/aromatic N) is 3. The zero-order valence-electron chi connectivity index (χ0n) is 20.9. The molecule has 1 heterocycles. The van der Waals surface area contributed by atoms with Gasteiger partial charge in [-0.2, -0.15) is 8.42 Å². The standard InChI is InChI=1S/C27H22Cl2N4.CH4O3S/c1-17(2)30-24-16-27-25(15-23(24)31-20-11-7-18(28)8-12-20)32-22-5-3-4-6-26(22)33(27)21-13-9-19(29)10-14-21;1-5(2,3)4/h3-17,31H,1-2H3;1H3,(H,2,3,4). The molecular weight excluding hydrogens is 543 g/mol. The molecule has 0 fully saturated rings. The number of halogens is 2. The molecule has 5 rings (SSSR count). The molecule has 0 spiro atoms. The van der Waals surface area contributed by atoms with Crippen molar-refractivity contribution >= 4 is 55.7 Å². The second-order valence-electron chi connectivity index (χ2n) is 8.86. The van der Waals surface area contributed by atoms with Crippen molar-refractivity contribution in [3.8, 4) is 17.1 Å². The Morgan fingerprint density at radius 2 is 1.50 bits per heavy atom. The molecule has 0 radical (unpaired) electrons. The fourth-order valence-corrected chi connectivity index (χ4v) is 4.14. The lowest BCUT2D eigenvalue weighted by Gasteiger charge is -2.20. The molecule has 2 aliphatic rings. The van der Waals surface area contributed by atoms with Crippen LogP contribution < -0.4 is 10.7 Å². The van der Waals surface area contributed by atoms with Gasteiger partial charge < -0.3 is 9.88 Å². The van der Waals surface area contributed by atoms with Gasteiger partial charge in [0.2, 0.25) is 0 Å². The second-order valence-corrected chi connectivity index (χ2v) is 11.2. The van der Waals surface area contributed by atoms with Crippen molar-refractivity contribution < 1.29 is 13.0 Å². The molecular formula is C28H26Cl2N4O3S. The Morgan fingerprint density at radius 1 is 0.921 bits per heavy atom. The van der Waals surface area contributed by atoms with Crippen molar-refractivity contribution in [1.29, 1.82) is 0 Å². The molecule has 2 N–H and O–H groups in total. The third-order valence-electron chi connectivity index (χ3n) is 5.30. The van der Waals surface area contributed by atoms with E-state index in [9.17, 15) is 8.42 Å². The summed E-state index contributed by atoms with van der Waals surface area (Å²) >= 11 is 12.2. The van der Waals surface area contributed by atoms with Crippen molar-refractivity contribution in [3.05, 3.63) is 100 Å². The van der Waals surface area contributed by atoms with E-state index in [-0.39, 0.29) is 6.04 Å². The number of hydrogen-bond acceptors (Lipinski definition) is 5. The Hall–Kier alpha value is -3.43. The third kappa shape index (κ3) is 7.11. The van der Waals surface area contributed by atoms with Gasteiger partial charge in [-0.15, -0.1) is 0 Å². The molecule has 0 unspecified atom stereocenters. The van der Waals surface area contributed by atoms with Gasteiger partial charge in [-0.3, -0.25) is 9.55 Å². The lowest BCUT2D eigenvalue weighted by molar-refractivity contribution is 0.490. The van der Waals surface area contributed by atoms with Gasteiger partial charge >= 0.3 is 0 Å². The molecule has 3 aromatic carbocycles. The number of para-hydroxylation sites is 2. The van der Waals surface area contributed by atoms with Gasteiger partial charge in [0.1, 0.15) is 0 Å². The first-order valence-corrected chi connectivity index (χ1v) is 14.3. The zero-order chi connectivity index (χ0) is 27.4.